The van der Waals surface area contributed by atoms with Crippen LogP contribution in [0.4, 0.5) is 0 Å². The van der Waals surface area contributed by atoms with E-state index in [0.29, 0.717) is 0 Å². The van der Waals surface area contributed by atoms with Gasteiger partial charge in [-0.1, -0.05) is 12.1 Å². The van der Waals surface area contributed by atoms with Gasteiger partial charge in [0.25, 0.3) is 0 Å². The van der Waals surface area contributed by atoms with E-state index in [1.54, 1.807) is 14.0 Å². The van der Waals surface area contributed by atoms with Gasteiger partial charge in [0, 0.05) is 18.6 Å². The molecule has 0 saturated carbocycles. The second-order valence-corrected chi connectivity index (χ2v) is 4.96. The van der Waals surface area contributed by atoms with Gasteiger partial charge in [0.2, 0.25) is 0 Å². The van der Waals surface area contributed by atoms with Crippen molar-refractivity contribution in [1.82, 2.24) is 0 Å². The summed E-state index contributed by atoms with van der Waals surface area (Å²) in [5.41, 5.74) is 0.976. The Hall–Kier alpha value is -0.510. The van der Waals surface area contributed by atoms with Gasteiger partial charge in [0.1, 0.15) is 0 Å². The van der Waals surface area contributed by atoms with Crippen LogP contribution in [0.3, 0.4) is 0 Å². The van der Waals surface area contributed by atoms with E-state index < -0.39 is 0 Å². The third kappa shape index (κ3) is 5.01. The number of rotatable bonds is 7. The zero-order valence-electron chi connectivity index (χ0n) is 9.98. The maximum atomic E-state index is 9.37. The van der Waals surface area contributed by atoms with Crippen LogP contribution >= 0.6 is 11.8 Å². The molecule has 1 aromatic rings. The number of aliphatic hydroxyl groups is 1. The minimum absolute atomic E-state index is 0.374. The standard InChI is InChI=1S/C13H20O2S/c1-11(14)12-5-7-13(8-6-12)16-10-4-3-9-15-2/h5-8,11,14H,3-4,9-10H2,1-2H3. The number of ether oxygens (including phenoxy) is 1. The molecule has 0 amide bonds. The highest BCUT2D eigenvalue weighted by atomic mass is 32.2. The van der Waals surface area contributed by atoms with Gasteiger partial charge < -0.3 is 9.84 Å². The summed E-state index contributed by atoms with van der Waals surface area (Å²) in [6.07, 6.45) is 1.92. The molecular formula is C13H20O2S. The molecule has 16 heavy (non-hydrogen) atoms. The molecule has 0 fully saturated rings. The van der Waals surface area contributed by atoms with Crippen molar-refractivity contribution >= 4 is 11.8 Å². The van der Waals surface area contributed by atoms with Crippen LogP contribution in [0.15, 0.2) is 29.2 Å². The van der Waals surface area contributed by atoms with Crippen molar-refractivity contribution < 1.29 is 9.84 Å². The van der Waals surface area contributed by atoms with Crippen molar-refractivity contribution in [2.24, 2.45) is 0 Å². The molecule has 0 aliphatic carbocycles. The maximum Gasteiger partial charge on any atom is 0.0761 e. The molecule has 2 nitrogen and oxygen atoms in total. The van der Waals surface area contributed by atoms with E-state index in [1.807, 2.05) is 23.9 Å². The summed E-state index contributed by atoms with van der Waals surface area (Å²) in [6, 6.07) is 8.12. The summed E-state index contributed by atoms with van der Waals surface area (Å²) in [5.74, 6) is 1.12. The van der Waals surface area contributed by atoms with Gasteiger partial charge in [-0.15, -0.1) is 11.8 Å². The van der Waals surface area contributed by atoms with Gasteiger partial charge in [-0.2, -0.15) is 0 Å². The minimum Gasteiger partial charge on any atom is -0.389 e. The Labute approximate surface area is 102 Å². The molecular weight excluding hydrogens is 220 g/mol. The fraction of sp³-hybridized carbons (Fsp3) is 0.538. The SMILES string of the molecule is COCCCCSc1ccc(C(C)O)cc1. The lowest BCUT2D eigenvalue weighted by atomic mass is 10.1. The van der Waals surface area contributed by atoms with Crippen LogP contribution in [0.5, 0.6) is 0 Å². The zero-order chi connectivity index (χ0) is 11.8. The third-order valence-electron chi connectivity index (χ3n) is 2.37. The number of hydrogen-bond acceptors (Lipinski definition) is 3. The summed E-state index contributed by atoms with van der Waals surface area (Å²) in [4.78, 5) is 1.27. The summed E-state index contributed by atoms with van der Waals surface area (Å²) < 4.78 is 5.00. The summed E-state index contributed by atoms with van der Waals surface area (Å²) in [5, 5.41) is 9.37. The number of methoxy groups -OCH3 is 1. The monoisotopic (exact) mass is 240 g/mol. The van der Waals surface area contributed by atoms with Crippen molar-refractivity contribution in [3.63, 3.8) is 0 Å². The Morgan fingerprint density at radius 3 is 2.50 bits per heavy atom. The van der Waals surface area contributed by atoms with Crippen LogP contribution in [0.25, 0.3) is 0 Å². The fourth-order valence-electron chi connectivity index (χ4n) is 1.38. The van der Waals surface area contributed by atoms with Crippen LogP contribution in [0.1, 0.15) is 31.4 Å². The number of thioether (sulfide) groups is 1. The Bertz CT molecular complexity index is 282. The average Bonchev–Trinajstić information content (AvgIpc) is 2.29. The first-order valence-corrected chi connectivity index (χ1v) is 6.62. The van der Waals surface area contributed by atoms with Gasteiger partial charge in [-0.25, -0.2) is 0 Å². The van der Waals surface area contributed by atoms with Crippen LogP contribution in [-0.4, -0.2) is 24.6 Å². The van der Waals surface area contributed by atoms with Crippen LogP contribution < -0.4 is 0 Å². The first kappa shape index (κ1) is 13.6. The van der Waals surface area contributed by atoms with E-state index >= 15 is 0 Å². The van der Waals surface area contributed by atoms with E-state index in [1.165, 1.54) is 11.3 Å². The lowest BCUT2D eigenvalue weighted by Crippen LogP contribution is -1.91. The molecule has 1 unspecified atom stereocenters. The molecule has 0 aliphatic rings. The number of aliphatic hydroxyl groups excluding tert-OH is 1. The molecule has 1 rings (SSSR count). The molecule has 0 heterocycles. The van der Waals surface area contributed by atoms with E-state index in [2.05, 4.69) is 12.1 Å². The van der Waals surface area contributed by atoms with Gasteiger partial charge in [-0.05, 0) is 43.2 Å². The molecule has 0 spiro atoms. The minimum atomic E-state index is -0.374. The summed E-state index contributed by atoms with van der Waals surface area (Å²) >= 11 is 1.85. The maximum absolute atomic E-state index is 9.37. The van der Waals surface area contributed by atoms with E-state index in [0.717, 1.165) is 24.3 Å². The molecule has 0 radical (unpaired) electrons. The van der Waals surface area contributed by atoms with E-state index in [4.69, 9.17) is 4.74 Å². The van der Waals surface area contributed by atoms with Gasteiger partial charge in [-0.3, -0.25) is 0 Å². The topological polar surface area (TPSA) is 29.5 Å². The largest absolute Gasteiger partial charge is 0.389 e. The van der Waals surface area contributed by atoms with Crippen LogP contribution in [-0.2, 0) is 4.74 Å². The van der Waals surface area contributed by atoms with Crippen molar-refractivity contribution in [2.45, 2.75) is 30.8 Å². The number of benzene rings is 1. The normalized spacial score (nSPS) is 12.7. The Morgan fingerprint density at radius 1 is 1.25 bits per heavy atom. The highest BCUT2D eigenvalue weighted by Crippen LogP contribution is 2.21. The van der Waals surface area contributed by atoms with Crippen LogP contribution in [0.2, 0.25) is 0 Å². The lowest BCUT2D eigenvalue weighted by Gasteiger charge is -2.06. The molecule has 1 atom stereocenters. The Balaban J connectivity index is 2.27. The molecule has 90 valence electrons. The second-order valence-electron chi connectivity index (χ2n) is 3.79. The quantitative estimate of drug-likeness (QED) is 0.586. The molecule has 1 N–H and O–H groups in total. The summed E-state index contributed by atoms with van der Waals surface area (Å²) in [6.45, 7) is 2.63. The molecule has 0 bridgehead atoms. The molecule has 0 aliphatic heterocycles. The Kier molecular flexibility index (Phi) is 6.53. The van der Waals surface area contributed by atoms with E-state index in [9.17, 15) is 5.11 Å². The fourth-order valence-corrected chi connectivity index (χ4v) is 2.29. The molecule has 3 heteroatoms. The lowest BCUT2D eigenvalue weighted by molar-refractivity contribution is 0.194. The van der Waals surface area contributed by atoms with Crippen LogP contribution in [0, 0.1) is 0 Å². The van der Waals surface area contributed by atoms with Crippen molar-refractivity contribution in [1.29, 1.82) is 0 Å². The second kappa shape index (κ2) is 7.71. The highest BCUT2D eigenvalue weighted by Gasteiger charge is 2.00. The van der Waals surface area contributed by atoms with E-state index in [-0.39, 0.29) is 6.10 Å². The smallest absolute Gasteiger partial charge is 0.0761 e. The molecule has 0 saturated heterocycles. The van der Waals surface area contributed by atoms with Gasteiger partial charge >= 0.3 is 0 Å². The Morgan fingerprint density at radius 2 is 1.94 bits per heavy atom. The first-order valence-electron chi connectivity index (χ1n) is 5.64. The van der Waals surface area contributed by atoms with Crippen molar-refractivity contribution in [3.05, 3.63) is 29.8 Å². The number of unbranched alkanes of at least 4 members (excludes halogenated alkanes) is 1. The third-order valence-corrected chi connectivity index (χ3v) is 3.47. The average molecular weight is 240 g/mol. The molecule has 1 aromatic carbocycles. The predicted molar refractivity (Wildman–Crippen MR) is 68.9 cm³/mol. The van der Waals surface area contributed by atoms with Crippen molar-refractivity contribution in [2.75, 3.05) is 19.5 Å². The highest BCUT2D eigenvalue weighted by molar-refractivity contribution is 7.99. The zero-order valence-corrected chi connectivity index (χ0v) is 10.8. The van der Waals surface area contributed by atoms with Gasteiger partial charge in [0.05, 0.1) is 6.10 Å². The van der Waals surface area contributed by atoms with Crippen molar-refractivity contribution in [3.8, 4) is 0 Å². The predicted octanol–water partition coefficient (Wildman–Crippen LogP) is 3.26. The molecule has 0 aromatic heterocycles. The summed E-state index contributed by atoms with van der Waals surface area (Å²) in [7, 11) is 1.74. The number of hydrogen-bond donors (Lipinski definition) is 1. The first-order chi connectivity index (χ1) is 7.74. The van der Waals surface area contributed by atoms with Gasteiger partial charge in [0.15, 0.2) is 0 Å².